The van der Waals surface area contributed by atoms with Crippen LogP contribution >= 0.6 is 0 Å². The van der Waals surface area contributed by atoms with E-state index in [0.29, 0.717) is 18.4 Å². The van der Waals surface area contributed by atoms with Crippen molar-refractivity contribution in [2.24, 2.45) is 5.92 Å². The molecule has 0 saturated carbocycles. The molecule has 110 valence electrons. The fraction of sp³-hybridized carbons (Fsp3) is 0.588. The summed E-state index contributed by atoms with van der Waals surface area (Å²) in [4.78, 5) is 12.0. The van der Waals surface area contributed by atoms with E-state index in [0.717, 1.165) is 37.9 Å². The molecule has 0 spiro atoms. The number of hydrogen-bond donors (Lipinski definition) is 2. The number of benzene rings is 1. The summed E-state index contributed by atoms with van der Waals surface area (Å²) in [6, 6.07) is 8.75. The maximum absolute atomic E-state index is 12.0. The number of nitrogens with one attached hydrogen (secondary N) is 2. The van der Waals surface area contributed by atoms with Gasteiger partial charge in [-0.3, -0.25) is 4.79 Å². The predicted octanol–water partition coefficient (Wildman–Crippen LogP) is 2.30. The van der Waals surface area contributed by atoms with E-state index in [9.17, 15) is 4.79 Å². The standard InChI is InChI=1S/C17H26N2O/c1-13(2)10-14-5-7-15(8-6-14)11-17(20)19-16-4-3-9-18-12-16/h5-8,13,16,18H,3-4,9-12H2,1-2H3,(H,19,20)/t16-/m0/s1. The molecule has 0 unspecified atom stereocenters. The van der Waals surface area contributed by atoms with E-state index in [1.54, 1.807) is 0 Å². The lowest BCUT2D eigenvalue weighted by molar-refractivity contribution is -0.121. The number of rotatable bonds is 5. The molecule has 2 rings (SSSR count). The molecule has 3 nitrogen and oxygen atoms in total. The lowest BCUT2D eigenvalue weighted by atomic mass is 10.0. The summed E-state index contributed by atoms with van der Waals surface area (Å²) in [6.07, 6.45) is 3.82. The van der Waals surface area contributed by atoms with Gasteiger partial charge in [-0.05, 0) is 42.9 Å². The second-order valence-electron chi connectivity index (χ2n) is 6.20. The first-order chi connectivity index (χ1) is 9.63. The largest absolute Gasteiger partial charge is 0.352 e. The number of amides is 1. The van der Waals surface area contributed by atoms with Gasteiger partial charge >= 0.3 is 0 Å². The van der Waals surface area contributed by atoms with Crippen LogP contribution in [0.5, 0.6) is 0 Å². The van der Waals surface area contributed by atoms with Crippen molar-refractivity contribution in [1.29, 1.82) is 0 Å². The Morgan fingerprint density at radius 3 is 2.60 bits per heavy atom. The SMILES string of the molecule is CC(C)Cc1ccc(CC(=O)N[C@H]2CCCNC2)cc1. The highest BCUT2D eigenvalue weighted by atomic mass is 16.1. The Labute approximate surface area is 122 Å². The molecular formula is C17H26N2O. The average molecular weight is 274 g/mol. The molecule has 3 heteroatoms. The van der Waals surface area contributed by atoms with Crippen molar-refractivity contribution in [1.82, 2.24) is 10.6 Å². The Bertz CT molecular complexity index is 419. The normalized spacial score (nSPS) is 19.1. The lowest BCUT2D eigenvalue weighted by Crippen LogP contribution is -2.46. The van der Waals surface area contributed by atoms with Crippen molar-refractivity contribution in [2.75, 3.05) is 13.1 Å². The van der Waals surface area contributed by atoms with Crippen molar-refractivity contribution < 1.29 is 4.79 Å². The first-order valence-electron chi connectivity index (χ1n) is 7.71. The molecule has 1 atom stereocenters. The van der Waals surface area contributed by atoms with E-state index in [1.165, 1.54) is 5.56 Å². The first kappa shape index (κ1) is 15.0. The Morgan fingerprint density at radius 1 is 1.30 bits per heavy atom. The molecule has 1 amide bonds. The maximum Gasteiger partial charge on any atom is 0.224 e. The van der Waals surface area contributed by atoms with E-state index >= 15 is 0 Å². The van der Waals surface area contributed by atoms with Gasteiger partial charge in [0.05, 0.1) is 6.42 Å². The van der Waals surface area contributed by atoms with Crippen molar-refractivity contribution in [3.8, 4) is 0 Å². The summed E-state index contributed by atoms with van der Waals surface area (Å²) in [5, 5.41) is 6.43. The van der Waals surface area contributed by atoms with Crippen LogP contribution in [0.4, 0.5) is 0 Å². The molecule has 1 aliphatic heterocycles. The number of carbonyl (C=O) groups excluding carboxylic acids is 1. The van der Waals surface area contributed by atoms with Gasteiger partial charge in [-0.15, -0.1) is 0 Å². The van der Waals surface area contributed by atoms with Gasteiger partial charge in [0.1, 0.15) is 0 Å². The minimum absolute atomic E-state index is 0.135. The van der Waals surface area contributed by atoms with E-state index in [4.69, 9.17) is 0 Å². The molecule has 1 aliphatic rings. The number of piperidine rings is 1. The molecule has 1 aromatic rings. The van der Waals surface area contributed by atoms with Crippen LogP contribution in [0.1, 0.15) is 37.8 Å². The summed E-state index contributed by atoms with van der Waals surface area (Å²) in [6.45, 7) is 6.42. The van der Waals surface area contributed by atoms with E-state index in [2.05, 4.69) is 48.7 Å². The van der Waals surface area contributed by atoms with Crippen LogP contribution in [0.2, 0.25) is 0 Å². The molecule has 1 saturated heterocycles. The Morgan fingerprint density at radius 2 is 2.00 bits per heavy atom. The van der Waals surface area contributed by atoms with Crippen LogP contribution in [0.25, 0.3) is 0 Å². The van der Waals surface area contributed by atoms with E-state index < -0.39 is 0 Å². The topological polar surface area (TPSA) is 41.1 Å². The monoisotopic (exact) mass is 274 g/mol. The number of carbonyl (C=O) groups is 1. The van der Waals surface area contributed by atoms with Crippen LogP contribution in [-0.4, -0.2) is 25.0 Å². The van der Waals surface area contributed by atoms with Crippen LogP contribution in [0.15, 0.2) is 24.3 Å². The second kappa shape index (κ2) is 7.44. The summed E-state index contributed by atoms with van der Waals surface area (Å²) in [7, 11) is 0. The third-order valence-corrected chi connectivity index (χ3v) is 3.69. The van der Waals surface area contributed by atoms with Gasteiger partial charge in [0.2, 0.25) is 5.91 Å². The molecule has 1 fully saturated rings. The van der Waals surface area contributed by atoms with Crippen LogP contribution in [0, 0.1) is 5.92 Å². The third kappa shape index (κ3) is 4.97. The first-order valence-corrected chi connectivity index (χ1v) is 7.71. The average Bonchev–Trinajstić information content (AvgIpc) is 2.41. The lowest BCUT2D eigenvalue weighted by Gasteiger charge is -2.23. The Hall–Kier alpha value is -1.35. The van der Waals surface area contributed by atoms with Gasteiger partial charge in [-0.25, -0.2) is 0 Å². The highest BCUT2D eigenvalue weighted by Gasteiger charge is 2.15. The van der Waals surface area contributed by atoms with Crippen LogP contribution < -0.4 is 10.6 Å². The van der Waals surface area contributed by atoms with Crippen molar-refractivity contribution >= 4 is 5.91 Å². The van der Waals surface area contributed by atoms with Gasteiger partial charge in [-0.1, -0.05) is 38.1 Å². The highest BCUT2D eigenvalue weighted by molar-refractivity contribution is 5.78. The smallest absolute Gasteiger partial charge is 0.224 e. The molecule has 1 heterocycles. The molecule has 2 N–H and O–H groups in total. The fourth-order valence-electron chi connectivity index (χ4n) is 2.70. The maximum atomic E-state index is 12.0. The van der Waals surface area contributed by atoms with E-state index in [1.807, 2.05) is 0 Å². The van der Waals surface area contributed by atoms with Gasteiger partial charge < -0.3 is 10.6 Å². The van der Waals surface area contributed by atoms with Crippen molar-refractivity contribution in [3.63, 3.8) is 0 Å². The predicted molar refractivity (Wildman–Crippen MR) is 82.7 cm³/mol. The zero-order valence-corrected chi connectivity index (χ0v) is 12.6. The van der Waals surface area contributed by atoms with Crippen LogP contribution in [0.3, 0.4) is 0 Å². The summed E-state index contributed by atoms with van der Waals surface area (Å²) in [5.74, 6) is 0.804. The third-order valence-electron chi connectivity index (χ3n) is 3.69. The number of hydrogen-bond acceptors (Lipinski definition) is 2. The minimum atomic E-state index is 0.135. The minimum Gasteiger partial charge on any atom is -0.352 e. The quantitative estimate of drug-likeness (QED) is 0.865. The Balaban J connectivity index is 1.81. The summed E-state index contributed by atoms with van der Waals surface area (Å²) in [5.41, 5.74) is 2.44. The van der Waals surface area contributed by atoms with Crippen molar-refractivity contribution in [3.05, 3.63) is 35.4 Å². The van der Waals surface area contributed by atoms with Gasteiger partial charge in [0.25, 0.3) is 0 Å². The van der Waals surface area contributed by atoms with Gasteiger partial charge in [0, 0.05) is 12.6 Å². The molecule has 0 aliphatic carbocycles. The molecule has 1 aromatic carbocycles. The molecule has 0 radical (unpaired) electrons. The van der Waals surface area contributed by atoms with Crippen molar-refractivity contribution in [2.45, 2.75) is 45.6 Å². The van der Waals surface area contributed by atoms with Gasteiger partial charge in [0.15, 0.2) is 0 Å². The molecule has 0 aromatic heterocycles. The zero-order chi connectivity index (χ0) is 14.4. The molecule has 20 heavy (non-hydrogen) atoms. The van der Waals surface area contributed by atoms with E-state index in [-0.39, 0.29) is 5.91 Å². The molecule has 0 bridgehead atoms. The highest BCUT2D eigenvalue weighted by Crippen LogP contribution is 2.10. The second-order valence-corrected chi connectivity index (χ2v) is 6.20. The zero-order valence-electron chi connectivity index (χ0n) is 12.6. The fourth-order valence-corrected chi connectivity index (χ4v) is 2.70. The summed E-state index contributed by atoms with van der Waals surface area (Å²) < 4.78 is 0. The Kier molecular flexibility index (Phi) is 5.60. The van der Waals surface area contributed by atoms with Crippen LogP contribution in [-0.2, 0) is 17.6 Å². The molecular weight excluding hydrogens is 248 g/mol. The van der Waals surface area contributed by atoms with Gasteiger partial charge in [-0.2, -0.15) is 0 Å². The summed E-state index contributed by atoms with van der Waals surface area (Å²) >= 11 is 0.